The zero-order valence-corrected chi connectivity index (χ0v) is 7.69. The van der Waals surface area contributed by atoms with E-state index in [1.807, 2.05) is 13.0 Å². The van der Waals surface area contributed by atoms with Crippen LogP contribution in [0.5, 0.6) is 0 Å². The first-order valence-corrected chi connectivity index (χ1v) is 5.30. The third-order valence-corrected chi connectivity index (χ3v) is 3.62. The topological polar surface area (TPSA) is 37.4 Å². The van der Waals surface area contributed by atoms with Gasteiger partial charge in [0.1, 0.15) is 0 Å². The molecule has 0 aromatic carbocycles. The molecule has 0 saturated carbocycles. The monoisotopic (exact) mass is 175 g/mol. The normalized spacial score (nSPS) is 20.4. The molecule has 1 heterocycles. The third-order valence-electron chi connectivity index (χ3n) is 1.83. The minimum atomic E-state index is -2.95. The number of hydrogen-bond donors (Lipinski definition) is 0. The Hall–Kier alpha value is -0.350. The summed E-state index contributed by atoms with van der Waals surface area (Å²) in [5, 5.41) is 0. The summed E-state index contributed by atoms with van der Waals surface area (Å²) in [4.78, 5) is 0. The van der Waals surface area contributed by atoms with Crippen molar-refractivity contribution in [1.82, 2.24) is 4.31 Å². The summed E-state index contributed by atoms with van der Waals surface area (Å²) in [6.07, 6.45) is 1.95. The smallest absolute Gasteiger partial charge is 0.212 e. The Morgan fingerprint density at radius 3 is 2.64 bits per heavy atom. The maximum atomic E-state index is 11.2. The molecule has 0 aromatic heterocycles. The number of sulfonamides is 1. The molecule has 0 N–H and O–H groups in total. The molecule has 0 aliphatic carbocycles. The van der Waals surface area contributed by atoms with Crippen LogP contribution in [0, 0.1) is 0 Å². The summed E-state index contributed by atoms with van der Waals surface area (Å²) in [7, 11) is -2.95. The molecule has 3 nitrogen and oxygen atoms in total. The van der Waals surface area contributed by atoms with Crippen molar-refractivity contribution in [2.24, 2.45) is 0 Å². The Morgan fingerprint density at radius 2 is 2.27 bits per heavy atom. The van der Waals surface area contributed by atoms with Gasteiger partial charge in [-0.25, -0.2) is 8.42 Å². The van der Waals surface area contributed by atoms with Crippen molar-refractivity contribution in [3.8, 4) is 0 Å². The molecule has 11 heavy (non-hydrogen) atoms. The van der Waals surface area contributed by atoms with Crippen molar-refractivity contribution in [3.05, 3.63) is 11.6 Å². The highest BCUT2D eigenvalue weighted by Crippen LogP contribution is 2.12. The second kappa shape index (κ2) is 2.95. The highest BCUT2D eigenvalue weighted by molar-refractivity contribution is 7.89. The molecule has 0 spiro atoms. The SMILES string of the molecule is CCS(=O)(=O)N1CC=C(C)C1. The van der Waals surface area contributed by atoms with E-state index in [-0.39, 0.29) is 5.75 Å². The van der Waals surface area contributed by atoms with Crippen LogP contribution in [-0.2, 0) is 10.0 Å². The molecule has 4 heteroatoms. The Kier molecular flexibility index (Phi) is 2.34. The van der Waals surface area contributed by atoms with Gasteiger partial charge in [-0.2, -0.15) is 4.31 Å². The van der Waals surface area contributed by atoms with Gasteiger partial charge in [-0.3, -0.25) is 0 Å². The Bertz CT molecular complexity index is 266. The molecule has 1 aliphatic rings. The summed E-state index contributed by atoms with van der Waals surface area (Å²) in [6, 6.07) is 0. The highest BCUT2D eigenvalue weighted by atomic mass is 32.2. The molecular formula is C7H13NO2S. The van der Waals surface area contributed by atoms with E-state index >= 15 is 0 Å². The highest BCUT2D eigenvalue weighted by Gasteiger charge is 2.22. The lowest BCUT2D eigenvalue weighted by Gasteiger charge is -2.13. The zero-order valence-electron chi connectivity index (χ0n) is 6.87. The molecule has 0 saturated heterocycles. The van der Waals surface area contributed by atoms with Crippen LogP contribution in [0.4, 0.5) is 0 Å². The van der Waals surface area contributed by atoms with Crippen LogP contribution >= 0.6 is 0 Å². The quantitative estimate of drug-likeness (QED) is 0.576. The third kappa shape index (κ3) is 1.81. The van der Waals surface area contributed by atoms with Gasteiger partial charge >= 0.3 is 0 Å². The van der Waals surface area contributed by atoms with Gasteiger partial charge in [-0.05, 0) is 13.8 Å². The van der Waals surface area contributed by atoms with Crippen LogP contribution < -0.4 is 0 Å². The zero-order chi connectivity index (χ0) is 8.48. The molecule has 1 aliphatic heterocycles. The van der Waals surface area contributed by atoms with E-state index in [1.54, 1.807) is 6.92 Å². The van der Waals surface area contributed by atoms with Crippen molar-refractivity contribution in [3.63, 3.8) is 0 Å². The van der Waals surface area contributed by atoms with Crippen LogP contribution in [0.1, 0.15) is 13.8 Å². The van der Waals surface area contributed by atoms with Gasteiger partial charge < -0.3 is 0 Å². The lowest BCUT2D eigenvalue weighted by molar-refractivity contribution is 0.485. The molecule has 0 fully saturated rings. The molecule has 0 unspecified atom stereocenters. The summed E-state index contributed by atoms with van der Waals surface area (Å²) in [5.74, 6) is 0.203. The first-order chi connectivity index (χ1) is 5.06. The van der Waals surface area contributed by atoms with Gasteiger partial charge in [0.15, 0.2) is 0 Å². The Balaban J connectivity index is 2.68. The van der Waals surface area contributed by atoms with Gasteiger partial charge in [0.2, 0.25) is 10.0 Å². The lowest BCUT2D eigenvalue weighted by Crippen LogP contribution is -2.30. The van der Waals surface area contributed by atoms with Crippen molar-refractivity contribution in [1.29, 1.82) is 0 Å². The van der Waals surface area contributed by atoms with E-state index in [2.05, 4.69) is 0 Å². The van der Waals surface area contributed by atoms with Gasteiger partial charge in [0.05, 0.1) is 5.75 Å². The Labute approximate surface area is 67.8 Å². The first kappa shape index (κ1) is 8.74. The van der Waals surface area contributed by atoms with Gasteiger partial charge in [0.25, 0.3) is 0 Å². The number of hydrogen-bond acceptors (Lipinski definition) is 2. The predicted octanol–water partition coefficient (Wildman–Crippen LogP) is 0.598. The average molecular weight is 175 g/mol. The summed E-state index contributed by atoms with van der Waals surface area (Å²) < 4.78 is 24.0. The van der Waals surface area contributed by atoms with Crippen molar-refractivity contribution in [2.75, 3.05) is 18.8 Å². The second-order valence-electron chi connectivity index (χ2n) is 2.74. The first-order valence-electron chi connectivity index (χ1n) is 3.69. The molecule has 1 rings (SSSR count). The molecule has 64 valence electrons. The van der Waals surface area contributed by atoms with Crippen molar-refractivity contribution < 1.29 is 8.42 Å². The van der Waals surface area contributed by atoms with Gasteiger partial charge in [-0.1, -0.05) is 11.6 Å². The van der Waals surface area contributed by atoms with E-state index in [9.17, 15) is 8.42 Å². The van der Waals surface area contributed by atoms with Crippen LogP contribution in [0.25, 0.3) is 0 Å². The predicted molar refractivity (Wildman–Crippen MR) is 44.8 cm³/mol. The second-order valence-corrected chi connectivity index (χ2v) is 5.00. The van der Waals surface area contributed by atoms with Gasteiger partial charge in [0, 0.05) is 13.1 Å². The molecule has 0 amide bonds. The summed E-state index contributed by atoms with van der Waals surface area (Å²) in [5.41, 5.74) is 1.14. The van der Waals surface area contributed by atoms with Crippen molar-refractivity contribution in [2.45, 2.75) is 13.8 Å². The number of nitrogens with zero attached hydrogens (tertiary/aromatic N) is 1. The van der Waals surface area contributed by atoms with Gasteiger partial charge in [-0.15, -0.1) is 0 Å². The van der Waals surface area contributed by atoms with Crippen LogP contribution in [0.3, 0.4) is 0 Å². The minimum absolute atomic E-state index is 0.203. The maximum absolute atomic E-state index is 11.2. The summed E-state index contributed by atoms with van der Waals surface area (Å²) in [6.45, 7) is 4.76. The van der Waals surface area contributed by atoms with E-state index in [1.165, 1.54) is 4.31 Å². The summed E-state index contributed by atoms with van der Waals surface area (Å²) >= 11 is 0. The van der Waals surface area contributed by atoms with Crippen LogP contribution in [0.15, 0.2) is 11.6 Å². The maximum Gasteiger partial charge on any atom is 0.214 e. The Morgan fingerprint density at radius 1 is 1.64 bits per heavy atom. The molecular weight excluding hydrogens is 162 g/mol. The van der Waals surface area contributed by atoms with Crippen LogP contribution in [-0.4, -0.2) is 31.6 Å². The van der Waals surface area contributed by atoms with Crippen LogP contribution in [0.2, 0.25) is 0 Å². The van der Waals surface area contributed by atoms with E-state index in [4.69, 9.17) is 0 Å². The molecule has 0 bridgehead atoms. The fourth-order valence-corrected chi connectivity index (χ4v) is 2.13. The average Bonchev–Trinajstić information content (AvgIpc) is 2.36. The number of rotatable bonds is 2. The van der Waals surface area contributed by atoms with Crippen molar-refractivity contribution >= 4 is 10.0 Å². The largest absolute Gasteiger partial charge is 0.214 e. The molecule has 0 atom stereocenters. The van der Waals surface area contributed by atoms with E-state index in [0.29, 0.717) is 13.1 Å². The van der Waals surface area contributed by atoms with E-state index in [0.717, 1.165) is 5.57 Å². The molecule has 0 aromatic rings. The standard InChI is InChI=1S/C7H13NO2S/c1-3-11(9,10)8-5-4-7(2)6-8/h4H,3,5-6H2,1-2H3. The fraction of sp³-hybridized carbons (Fsp3) is 0.714. The van der Waals surface area contributed by atoms with E-state index < -0.39 is 10.0 Å². The fourth-order valence-electron chi connectivity index (χ4n) is 1.06. The minimum Gasteiger partial charge on any atom is -0.212 e. The molecule has 0 radical (unpaired) electrons. The lowest BCUT2D eigenvalue weighted by atomic mass is 10.3.